The molecule has 1 amide bonds. The fraction of sp³-hybridized carbons (Fsp3) is 0.364. The van der Waals surface area contributed by atoms with Gasteiger partial charge in [0, 0.05) is 7.11 Å². The molecule has 10 heteroatoms. The number of carbonyl (C=O) groups is 1. The van der Waals surface area contributed by atoms with Crippen LogP contribution in [-0.4, -0.2) is 37.3 Å². The van der Waals surface area contributed by atoms with Gasteiger partial charge in [0.1, 0.15) is 18.0 Å². The molecule has 7 nitrogen and oxygen atoms in total. The second-order valence-electron chi connectivity index (χ2n) is 3.73. The third-order valence-corrected chi connectivity index (χ3v) is 2.23. The molecule has 0 saturated heterocycles. The fourth-order valence-corrected chi connectivity index (χ4v) is 1.29. The summed E-state index contributed by atoms with van der Waals surface area (Å²) in [5.74, 6) is -2.22. The van der Waals surface area contributed by atoms with Crippen LogP contribution in [0.3, 0.4) is 0 Å². The van der Waals surface area contributed by atoms with Crippen molar-refractivity contribution >= 4 is 17.3 Å². The number of hydrogen-bond acceptors (Lipinski definition) is 5. The van der Waals surface area contributed by atoms with Crippen molar-refractivity contribution in [1.29, 1.82) is 0 Å². The number of nitro benzene ring substituents is 1. The Morgan fingerprint density at radius 3 is 2.57 bits per heavy atom. The van der Waals surface area contributed by atoms with Crippen LogP contribution in [0.5, 0.6) is 5.75 Å². The average molecular weight is 308 g/mol. The maximum absolute atomic E-state index is 12.1. The zero-order valence-electron chi connectivity index (χ0n) is 10.8. The summed E-state index contributed by atoms with van der Waals surface area (Å²) in [6.07, 6.45) is -5.14. The summed E-state index contributed by atoms with van der Waals surface area (Å²) >= 11 is 0. The molecule has 0 radical (unpaired) electrons. The first-order valence-corrected chi connectivity index (χ1v) is 5.54. The standard InChI is InChI=1S/C11H11F3N2O5/c1-20-4-5-21-7-2-3-8(9(6-7)16(18)19)15-10(17)11(12,13)14/h2-3,6H,4-5H2,1H3,(H,15,17). The fourth-order valence-electron chi connectivity index (χ4n) is 1.29. The summed E-state index contributed by atoms with van der Waals surface area (Å²) in [5, 5.41) is 12.3. The van der Waals surface area contributed by atoms with Crippen molar-refractivity contribution in [2.45, 2.75) is 6.18 Å². The van der Waals surface area contributed by atoms with Crippen molar-refractivity contribution in [2.24, 2.45) is 0 Å². The van der Waals surface area contributed by atoms with Crippen molar-refractivity contribution in [3.05, 3.63) is 28.3 Å². The molecule has 0 aliphatic heterocycles. The summed E-state index contributed by atoms with van der Waals surface area (Å²) in [6, 6.07) is 3.08. The minimum absolute atomic E-state index is 0.0729. The van der Waals surface area contributed by atoms with E-state index in [1.165, 1.54) is 18.5 Å². The minimum Gasteiger partial charge on any atom is -0.491 e. The summed E-state index contributed by atoms with van der Waals surface area (Å²) in [7, 11) is 1.43. The molecule has 1 aromatic rings. The van der Waals surface area contributed by atoms with Gasteiger partial charge in [-0.2, -0.15) is 13.2 Å². The molecule has 0 aliphatic rings. The molecule has 0 saturated carbocycles. The highest BCUT2D eigenvalue weighted by molar-refractivity contribution is 5.96. The Morgan fingerprint density at radius 2 is 2.05 bits per heavy atom. The number of alkyl halides is 3. The van der Waals surface area contributed by atoms with Crippen LogP contribution in [-0.2, 0) is 9.53 Å². The van der Waals surface area contributed by atoms with E-state index in [0.717, 1.165) is 12.1 Å². The SMILES string of the molecule is COCCOc1ccc(NC(=O)C(F)(F)F)c([N+](=O)[O-])c1. The van der Waals surface area contributed by atoms with Gasteiger partial charge in [-0.25, -0.2) is 0 Å². The molecule has 0 fully saturated rings. The number of methoxy groups -OCH3 is 1. The molecule has 0 spiro atoms. The van der Waals surface area contributed by atoms with Crippen LogP contribution in [0, 0.1) is 10.1 Å². The second-order valence-corrected chi connectivity index (χ2v) is 3.73. The lowest BCUT2D eigenvalue weighted by Gasteiger charge is -2.10. The van der Waals surface area contributed by atoms with E-state index in [1.54, 1.807) is 0 Å². The first-order valence-electron chi connectivity index (χ1n) is 5.54. The Morgan fingerprint density at radius 1 is 1.38 bits per heavy atom. The summed E-state index contributed by atoms with van der Waals surface area (Å²) in [6.45, 7) is 0.349. The molecule has 1 N–H and O–H groups in total. The predicted molar refractivity (Wildman–Crippen MR) is 65.2 cm³/mol. The molecule has 0 aliphatic carbocycles. The Bertz CT molecular complexity index is 533. The second kappa shape index (κ2) is 6.88. The van der Waals surface area contributed by atoms with Crippen molar-refractivity contribution in [2.75, 3.05) is 25.6 Å². The molecule has 0 bridgehead atoms. The molecule has 0 atom stereocenters. The first-order chi connectivity index (χ1) is 9.75. The van der Waals surface area contributed by atoms with Gasteiger partial charge >= 0.3 is 12.1 Å². The third-order valence-electron chi connectivity index (χ3n) is 2.23. The van der Waals surface area contributed by atoms with E-state index in [2.05, 4.69) is 0 Å². The number of anilines is 1. The summed E-state index contributed by atoms with van der Waals surface area (Å²) in [5.41, 5.74) is -1.27. The van der Waals surface area contributed by atoms with E-state index < -0.39 is 28.4 Å². The topological polar surface area (TPSA) is 90.7 Å². The van der Waals surface area contributed by atoms with Crippen LogP contribution in [0.4, 0.5) is 24.5 Å². The predicted octanol–water partition coefficient (Wildman–Crippen LogP) is 2.12. The molecule has 0 aromatic heterocycles. The zero-order valence-corrected chi connectivity index (χ0v) is 10.8. The van der Waals surface area contributed by atoms with Gasteiger partial charge in [-0.15, -0.1) is 0 Å². The molecular formula is C11H11F3N2O5. The molecule has 1 rings (SSSR count). The van der Waals surface area contributed by atoms with Gasteiger partial charge in [0.05, 0.1) is 17.6 Å². The van der Waals surface area contributed by atoms with Crippen molar-refractivity contribution in [3.8, 4) is 5.75 Å². The molecule has 0 heterocycles. The molecule has 21 heavy (non-hydrogen) atoms. The summed E-state index contributed by atoms with van der Waals surface area (Å²) in [4.78, 5) is 20.7. The van der Waals surface area contributed by atoms with Crippen molar-refractivity contribution in [3.63, 3.8) is 0 Å². The van der Waals surface area contributed by atoms with Gasteiger partial charge in [-0.3, -0.25) is 14.9 Å². The normalized spacial score (nSPS) is 11.0. The van der Waals surface area contributed by atoms with Gasteiger partial charge in [0.2, 0.25) is 0 Å². The highest BCUT2D eigenvalue weighted by Crippen LogP contribution is 2.30. The number of halogens is 3. The van der Waals surface area contributed by atoms with Crippen LogP contribution in [0.2, 0.25) is 0 Å². The number of nitrogens with one attached hydrogen (secondary N) is 1. The van der Waals surface area contributed by atoms with Gasteiger partial charge in [-0.1, -0.05) is 0 Å². The maximum Gasteiger partial charge on any atom is 0.471 e. The van der Waals surface area contributed by atoms with Gasteiger partial charge in [-0.05, 0) is 12.1 Å². The monoisotopic (exact) mass is 308 g/mol. The molecule has 1 aromatic carbocycles. The smallest absolute Gasteiger partial charge is 0.471 e. The van der Waals surface area contributed by atoms with Crippen LogP contribution in [0.1, 0.15) is 0 Å². The first kappa shape index (κ1) is 16.7. The third kappa shape index (κ3) is 4.91. The number of hydrogen-bond donors (Lipinski definition) is 1. The van der Waals surface area contributed by atoms with E-state index in [4.69, 9.17) is 9.47 Å². The maximum atomic E-state index is 12.1. The van der Waals surface area contributed by atoms with Gasteiger partial charge in [0.15, 0.2) is 0 Å². The lowest BCUT2D eigenvalue weighted by atomic mass is 10.2. The van der Waals surface area contributed by atoms with Crippen LogP contribution < -0.4 is 10.1 Å². The molecule has 116 valence electrons. The van der Waals surface area contributed by atoms with E-state index in [-0.39, 0.29) is 19.0 Å². The number of carbonyl (C=O) groups excluding carboxylic acids is 1. The van der Waals surface area contributed by atoms with Gasteiger partial charge in [0.25, 0.3) is 5.69 Å². The highest BCUT2D eigenvalue weighted by atomic mass is 19.4. The van der Waals surface area contributed by atoms with Crippen molar-refractivity contribution < 1.29 is 32.4 Å². The number of nitro groups is 1. The minimum atomic E-state index is -5.14. The largest absolute Gasteiger partial charge is 0.491 e. The Kier molecular flexibility index (Phi) is 5.47. The van der Waals surface area contributed by atoms with Crippen LogP contribution in [0.25, 0.3) is 0 Å². The number of ether oxygens (including phenoxy) is 2. The number of nitrogens with zero attached hydrogens (tertiary/aromatic N) is 1. The number of rotatable bonds is 6. The molecule has 0 unspecified atom stereocenters. The Hall–Kier alpha value is -2.36. The van der Waals surface area contributed by atoms with E-state index in [0.29, 0.717) is 0 Å². The zero-order chi connectivity index (χ0) is 16.0. The number of amides is 1. The van der Waals surface area contributed by atoms with E-state index >= 15 is 0 Å². The van der Waals surface area contributed by atoms with E-state index in [1.807, 2.05) is 0 Å². The quantitative estimate of drug-likeness (QED) is 0.494. The molecular weight excluding hydrogens is 297 g/mol. The highest BCUT2D eigenvalue weighted by Gasteiger charge is 2.39. The Labute approximate surface area is 116 Å². The number of benzene rings is 1. The van der Waals surface area contributed by atoms with E-state index in [9.17, 15) is 28.1 Å². The Balaban J connectivity index is 2.95. The lowest BCUT2D eigenvalue weighted by Crippen LogP contribution is -2.30. The van der Waals surface area contributed by atoms with Crippen molar-refractivity contribution in [1.82, 2.24) is 0 Å². The summed E-state index contributed by atoms with van der Waals surface area (Å²) < 4.78 is 46.2. The van der Waals surface area contributed by atoms with Gasteiger partial charge < -0.3 is 14.8 Å². The lowest BCUT2D eigenvalue weighted by molar-refractivity contribution is -0.384. The van der Waals surface area contributed by atoms with Crippen LogP contribution >= 0.6 is 0 Å². The van der Waals surface area contributed by atoms with Crippen LogP contribution in [0.15, 0.2) is 18.2 Å². The average Bonchev–Trinajstić information content (AvgIpc) is 2.39.